The van der Waals surface area contributed by atoms with Gasteiger partial charge in [0, 0.05) is 23.5 Å². The molecule has 2 rings (SSSR count). The van der Waals surface area contributed by atoms with Crippen molar-refractivity contribution in [1.82, 2.24) is 0 Å². The van der Waals surface area contributed by atoms with Gasteiger partial charge in [-0.05, 0) is 12.1 Å². The summed E-state index contributed by atoms with van der Waals surface area (Å²) in [5.41, 5.74) is 1.27. The zero-order valence-electron chi connectivity index (χ0n) is 9.90. The Bertz CT molecular complexity index is 602. The van der Waals surface area contributed by atoms with Crippen LogP contribution in [0.4, 0.5) is 14.5 Å². The van der Waals surface area contributed by atoms with Crippen LogP contribution in [0, 0.1) is 11.3 Å². The van der Waals surface area contributed by atoms with Gasteiger partial charge in [0.1, 0.15) is 0 Å². The molecule has 0 aliphatic carbocycles. The second kappa shape index (κ2) is 5.01. The molecule has 0 unspecified atom stereocenters. The highest BCUT2D eigenvalue weighted by Gasteiger charge is 2.12. The topological polar surface area (TPSA) is 27.0 Å². The Balaban J connectivity index is 2.56. The minimum Gasteiger partial charge on any atom is -0.368 e. The number of hydrogen-bond acceptors (Lipinski definition) is 2. The molecule has 92 valence electrons. The fourth-order valence-electron chi connectivity index (χ4n) is 2.02. The normalized spacial score (nSPS) is 10.6. The van der Waals surface area contributed by atoms with Crippen LogP contribution >= 0.6 is 0 Å². The molecule has 0 N–H and O–H groups in total. The first-order chi connectivity index (χ1) is 8.63. The van der Waals surface area contributed by atoms with Crippen LogP contribution in [0.1, 0.15) is 5.56 Å². The Labute approximate surface area is 104 Å². The standard InChI is InChI=1S/C14H12F2N2/c1-18(9-14(15)16)13-7-6-10(8-17)11-4-2-3-5-12(11)13/h2-7,14H,9H2,1H3. The van der Waals surface area contributed by atoms with Crippen molar-refractivity contribution in [2.45, 2.75) is 6.43 Å². The van der Waals surface area contributed by atoms with Gasteiger partial charge in [0.2, 0.25) is 0 Å². The van der Waals surface area contributed by atoms with Crippen molar-refractivity contribution >= 4 is 16.5 Å². The van der Waals surface area contributed by atoms with E-state index in [9.17, 15) is 8.78 Å². The Morgan fingerprint density at radius 2 is 1.83 bits per heavy atom. The van der Waals surface area contributed by atoms with Crippen molar-refractivity contribution in [3.05, 3.63) is 42.0 Å². The number of anilines is 1. The van der Waals surface area contributed by atoms with Crippen LogP contribution < -0.4 is 4.90 Å². The van der Waals surface area contributed by atoms with Gasteiger partial charge in [-0.15, -0.1) is 0 Å². The maximum atomic E-state index is 12.4. The Hall–Kier alpha value is -2.15. The number of benzene rings is 2. The average molecular weight is 246 g/mol. The number of nitrogens with zero attached hydrogens (tertiary/aromatic N) is 2. The minimum absolute atomic E-state index is 0.324. The molecular weight excluding hydrogens is 234 g/mol. The van der Waals surface area contributed by atoms with Crippen LogP contribution in [0.15, 0.2) is 36.4 Å². The van der Waals surface area contributed by atoms with Gasteiger partial charge in [0.25, 0.3) is 6.43 Å². The lowest BCUT2D eigenvalue weighted by Gasteiger charge is -2.21. The number of alkyl halides is 2. The van der Waals surface area contributed by atoms with Gasteiger partial charge in [0.05, 0.1) is 18.2 Å². The zero-order valence-corrected chi connectivity index (χ0v) is 9.90. The highest BCUT2D eigenvalue weighted by atomic mass is 19.3. The van der Waals surface area contributed by atoms with Gasteiger partial charge in [-0.25, -0.2) is 8.78 Å². The maximum absolute atomic E-state index is 12.4. The smallest absolute Gasteiger partial charge is 0.255 e. The van der Waals surface area contributed by atoms with Crippen LogP contribution in [0.5, 0.6) is 0 Å². The first kappa shape index (κ1) is 12.3. The SMILES string of the molecule is CN(CC(F)F)c1ccc(C#N)c2ccccc12. The largest absolute Gasteiger partial charge is 0.368 e. The van der Waals surface area contributed by atoms with E-state index in [-0.39, 0.29) is 6.54 Å². The lowest BCUT2D eigenvalue weighted by atomic mass is 10.0. The second-order valence-electron chi connectivity index (χ2n) is 4.06. The van der Waals surface area contributed by atoms with E-state index in [0.717, 1.165) is 10.8 Å². The van der Waals surface area contributed by atoms with E-state index >= 15 is 0 Å². The zero-order chi connectivity index (χ0) is 13.1. The molecule has 0 spiro atoms. The third-order valence-corrected chi connectivity index (χ3v) is 2.84. The highest BCUT2D eigenvalue weighted by molar-refractivity contribution is 5.97. The summed E-state index contributed by atoms with van der Waals surface area (Å²) in [6, 6.07) is 12.8. The fourth-order valence-corrected chi connectivity index (χ4v) is 2.02. The molecule has 0 radical (unpaired) electrons. The van der Waals surface area contributed by atoms with Gasteiger partial charge in [0.15, 0.2) is 0 Å². The summed E-state index contributed by atoms with van der Waals surface area (Å²) in [7, 11) is 1.62. The fraction of sp³-hybridized carbons (Fsp3) is 0.214. The summed E-state index contributed by atoms with van der Waals surface area (Å²) in [5.74, 6) is 0. The molecule has 0 aliphatic rings. The van der Waals surface area contributed by atoms with Crippen molar-refractivity contribution in [2.24, 2.45) is 0 Å². The van der Waals surface area contributed by atoms with E-state index in [4.69, 9.17) is 5.26 Å². The Morgan fingerprint density at radius 3 is 2.44 bits per heavy atom. The predicted molar refractivity (Wildman–Crippen MR) is 67.9 cm³/mol. The number of nitriles is 1. The van der Waals surface area contributed by atoms with E-state index < -0.39 is 6.43 Å². The molecule has 0 bridgehead atoms. The van der Waals surface area contributed by atoms with Crippen LogP contribution in [-0.4, -0.2) is 20.0 Å². The number of rotatable bonds is 3. The van der Waals surface area contributed by atoms with Crippen LogP contribution in [0.2, 0.25) is 0 Å². The van der Waals surface area contributed by atoms with Crippen LogP contribution in [-0.2, 0) is 0 Å². The van der Waals surface area contributed by atoms with Crippen molar-refractivity contribution in [3.63, 3.8) is 0 Å². The third-order valence-electron chi connectivity index (χ3n) is 2.84. The summed E-state index contributed by atoms with van der Waals surface area (Å²) in [6.45, 7) is -0.324. The van der Waals surface area contributed by atoms with Gasteiger partial charge >= 0.3 is 0 Å². The minimum atomic E-state index is -2.38. The number of fused-ring (bicyclic) bond motifs is 1. The number of hydrogen-bond donors (Lipinski definition) is 0. The first-order valence-electron chi connectivity index (χ1n) is 5.54. The molecule has 0 heterocycles. The summed E-state index contributed by atoms with van der Waals surface area (Å²) >= 11 is 0. The molecule has 18 heavy (non-hydrogen) atoms. The van der Waals surface area contributed by atoms with Gasteiger partial charge in [-0.2, -0.15) is 5.26 Å². The molecule has 0 saturated heterocycles. The van der Waals surface area contributed by atoms with Gasteiger partial charge in [-0.3, -0.25) is 0 Å². The van der Waals surface area contributed by atoms with Crippen molar-refractivity contribution < 1.29 is 8.78 Å². The molecule has 4 heteroatoms. The Kier molecular flexibility index (Phi) is 3.42. The van der Waals surface area contributed by atoms with Gasteiger partial charge in [-0.1, -0.05) is 24.3 Å². The molecule has 0 atom stereocenters. The molecule has 0 amide bonds. The maximum Gasteiger partial charge on any atom is 0.255 e. The molecular formula is C14H12F2N2. The molecule has 2 nitrogen and oxygen atoms in total. The van der Waals surface area contributed by atoms with E-state index in [1.54, 1.807) is 19.2 Å². The molecule has 0 aromatic heterocycles. The second-order valence-corrected chi connectivity index (χ2v) is 4.06. The Morgan fingerprint density at radius 1 is 1.17 bits per heavy atom. The first-order valence-corrected chi connectivity index (χ1v) is 5.54. The lowest BCUT2D eigenvalue weighted by Crippen LogP contribution is -2.24. The molecule has 0 saturated carbocycles. The monoisotopic (exact) mass is 246 g/mol. The van der Waals surface area contributed by atoms with Crippen LogP contribution in [0.3, 0.4) is 0 Å². The highest BCUT2D eigenvalue weighted by Crippen LogP contribution is 2.28. The van der Waals surface area contributed by atoms with E-state index in [0.29, 0.717) is 11.3 Å². The summed E-state index contributed by atoms with van der Waals surface area (Å²) in [6.07, 6.45) is -2.38. The van der Waals surface area contributed by atoms with Crippen molar-refractivity contribution in [2.75, 3.05) is 18.5 Å². The molecule has 0 aliphatic heterocycles. The van der Waals surface area contributed by atoms with Crippen LogP contribution in [0.25, 0.3) is 10.8 Å². The predicted octanol–water partition coefficient (Wildman–Crippen LogP) is 3.41. The van der Waals surface area contributed by atoms with Gasteiger partial charge < -0.3 is 4.90 Å². The van der Waals surface area contributed by atoms with E-state index in [1.807, 2.05) is 24.3 Å². The quantitative estimate of drug-likeness (QED) is 0.829. The lowest BCUT2D eigenvalue weighted by molar-refractivity contribution is 0.156. The summed E-state index contributed by atoms with van der Waals surface area (Å²) in [4.78, 5) is 1.51. The van der Waals surface area contributed by atoms with E-state index in [2.05, 4.69) is 6.07 Å². The third kappa shape index (κ3) is 2.25. The molecule has 0 fully saturated rings. The van der Waals surface area contributed by atoms with E-state index in [1.165, 1.54) is 4.90 Å². The average Bonchev–Trinajstić information content (AvgIpc) is 2.36. The van der Waals surface area contributed by atoms with Crippen molar-refractivity contribution in [3.8, 4) is 6.07 Å². The molecule has 2 aromatic carbocycles. The molecule has 2 aromatic rings. The summed E-state index contributed by atoms with van der Waals surface area (Å²) < 4.78 is 24.8. The number of halogens is 2. The summed E-state index contributed by atoms with van der Waals surface area (Å²) in [5, 5.41) is 10.6. The van der Waals surface area contributed by atoms with Crippen molar-refractivity contribution in [1.29, 1.82) is 5.26 Å².